The number of carbonyl (C=O) groups excluding carboxylic acids is 1. The highest BCUT2D eigenvalue weighted by Gasteiger charge is 2.23. The number of aromatic hydroxyl groups is 1. The van der Waals surface area contributed by atoms with Gasteiger partial charge in [0, 0.05) is 18.7 Å². The number of phenolic OH excluding ortho intramolecular Hbond substituents is 1. The number of nitrogens with zero attached hydrogens (tertiary/aromatic N) is 1. The first kappa shape index (κ1) is 14.9. The van der Waals surface area contributed by atoms with E-state index in [2.05, 4.69) is 0 Å². The molecule has 1 aromatic heterocycles. The average molecular weight is 310 g/mol. The van der Waals surface area contributed by atoms with Crippen LogP contribution in [0.15, 0.2) is 41.1 Å². The molecule has 1 heterocycles. The van der Waals surface area contributed by atoms with E-state index in [9.17, 15) is 9.90 Å². The van der Waals surface area contributed by atoms with Crippen LogP contribution in [0.25, 0.3) is 0 Å². The molecule has 0 spiro atoms. The topological polar surface area (TPSA) is 40.5 Å². The second kappa shape index (κ2) is 6.77. The van der Waals surface area contributed by atoms with Gasteiger partial charge < -0.3 is 10.0 Å². The Balaban J connectivity index is 2.12. The molecule has 0 saturated heterocycles. The minimum absolute atomic E-state index is 0.143. The number of likely N-dealkylation sites (N-methyl/N-ethyl adjacent to an activating group) is 1. The fourth-order valence-electron chi connectivity index (χ4n) is 1.92. The van der Waals surface area contributed by atoms with Gasteiger partial charge >= 0.3 is 0 Å². The molecule has 0 aliphatic heterocycles. The summed E-state index contributed by atoms with van der Waals surface area (Å²) in [6, 6.07) is 8.87. The second-order valence-corrected chi connectivity index (χ2v) is 5.62. The normalized spacial score (nSPS) is 12.1. The van der Waals surface area contributed by atoms with E-state index in [1.165, 1.54) is 11.3 Å². The van der Waals surface area contributed by atoms with Crippen molar-refractivity contribution in [2.75, 3.05) is 6.54 Å². The molecule has 0 radical (unpaired) electrons. The van der Waals surface area contributed by atoms with Crippen LogP contribution in [0.4, 0.5) is 0 Å². The van der Waals surface area contributed by atoms with Crippen molar-refractivity contribution in [3.8, 4) is 5.75 Å². The van der Waals surface area contributed by atoms with Crippen LogP contribution in [0.3, 0.4) is 0 Å². The summed E-state index contributed by atoms with van der Waals surface area (Å²) in [5, 5.41) is 12.9. The van der Waals surface area contributed by atoms with Crippen molar-refractivity contribution < 1.29 is 9.90 Å². The van der Waals surface area contributed by atoms with Gasteiger partial charge in [0.25, 0.3) is 0 Å². The Bertz CT molecular complexity index is 571. The van der Waals surface area contributed by atoms with Crippen molar-refractivity contribution >= 4 is 28.8 Å². The summed E-state index contributed by atoms with van der Waals surface area (Å²) < 4.78 is 0. The summed E-state index contributed by atoms with van der Waals surface area (Å²) in [5.74, 6) is 0.0521. The van der Waals surface area contributed by atoms with Gasteiger partial charge in [-0.15, -0.1) is 11.6 Å². The number of hydrogen-bond acceptors (Lipinski definition) is 3. The number of para-hydroxylation sites is 1. The van der Waals surface area contributed by atoms with Crippen molar-refractivity contribution in [2.45, 2.75) is 18.8 Å². The molecule has 1 unspecified atom stereocenters. The fourth-order valence-corrected chi connectivity index (χ4v) is 2.95. The number of halogens is 1. The SMILES string of the molecule is CCN(Cc1ccccc1O)C(=O)C(Cl)c1ccsc1. The fraction of sp³-hybridized carbons (Fsp3) is 0.267. The van der Waals surface area contributed by atoms with Gasteiger partial charge in [0.05, 0.1) is 0 Å². The van der Waals surface area contributed by atoms with Crippen molar-refractivity contribution in [3.05, 3.63) is 52.2 Å². The third-order valence-corrected chi connectivity index (χ3v) is 4.24. The van der Waals surface area contributed by atoms with Gasteiger partial charge in [-0.25, -0.2) is 0 Å². The van der Waals surface area contributed by atoms with E-state index >= 15 is 0 Å². The summed E-state index contributed by atoms with van der Waals surface area (Å²) in [4.78, 5) is 14.0. The van der Waals surface area contributed by atoms with Gasteiger partial charge in [-0.2, -0.15) is 11.3 Å². The third-order valence-electron chi connectivity index (χ3n) is 3.10. The summed E-state index contributed by atoms with van der Waals surface area (Å²) in [7, 11) is 0. The van der Waals surface area contributed by atoms with Gasteiger partial charge in [0.15, 0.2) is 0 Å². The molecule has 1 atom stereocenters. The molecule has 5 heteroatoms. The number of thiophene rings is 1. The molecule has 0 aliphatic carbocycles. The number of hydrogen-bond donors (Lipinski definition) is 1. The van der Waals surface area contributed by atoms with Gasteiger partial charge in [-0.05, 0) is 35.4 Å². The Labute approximate surface area is 127 Å². The zero-order valence-electron chi connectivity index (χ0n) is 11.1. The highest BCUT2D eigenvalue weighted by Crippen LogP contribution is 2.26. The van der Waals surface area contributed by atoms with E-state index < -0.39 is 5.38 Å². The maximum Gasteiger partial charge on any atom is 0.245 e. The Morgan fingerprint density at radius 3 is 2.75 bits per heavy atom. The molecule has 1 aromatic carbocycles. The molecule has 2 aromatic rings. The Morgan fingerprint density at radius 1 is 1.40 bits per heavy atom. The molecule has 3 nitrogen and oxygen atoms in total. The molecule has 2 rings (SSSR count). The largest absolute Gasteiger partial charge is 0.508 e. The predicted octanol–water partition coefficient (Wildman–Crippen LogP) is 3.78. The molecule has 0 aliphatic rings. The summed E-state index contributed by atoms with van der Waals surface area (Å²) in [6.45, 7) is 2.80. The minimum Gasteiger partial charge on any atom is -0.508 e. The van der Waals surface area contributed by atoms with Gasteiger partial charge in [0.1, 0.15) is 11.1 Å². The lowest BCUT2D eigenvalue weighted by Crippen LogP contribution is -2.32. The van der Waals surface area contributed by atoms with Crippen LogP contribution in [-0.2, 0) is 11.3 Å². The number of carbonyl (C=O) groups is 1. The number of rotatable bonds is 5. The zero-order chi connectivity index (χ0) is 14.5. The lowest BCUT2D eigenvalue weighted by atomic mass is 10.1. The highest BCUT2D eigenvalue weighted by molar-refractivity contribution is 7.08. The van der Waals surface area contributed by atoms with Crippen LogP contribution in [0.5, 0.6) is 5.75 Å². The summed E-state index contributed by atoms with van der Waals surface area (Å²) in [5.41, 5.74) is 1.54. The quantitative estimate of drug-likeness (QED) is 0.854. The predicted molar refractivity (Wildman–Crippen MR) is 82.1 cm³/mol. The van der Waals surface area contributed by atoms with E-state index in [1.54, 1.807) is 23.1 Å². The lowest BCUT2D eigenvalue weighted by Gasteiger charge is -2.23. The molecular formula is C15H16ClNO2S. The zero-order valence-corrected chi connectivity index (χ0v) is 12.7. The van der Waals surface area contributed by atoms with Gasteiger partial charge in [-0.1, -0.05) is 18.2 Å². The molecule has 106 valence electrons. The van der Waals surface area contributed by atoms with Crippen molar-refractivity contribution in [3.63, 3.8) is 0 Å². The van der Waals surface area contributed by atoms with Gasteiger partial charge in [-0.3, -0.25) is 4.79 Å². The summed E-state index contributed by atoms with van der Waals surface area (Å²) >= 11 is 7.75. The standard InChI is InChI=1S/C15H16ClNO2S/c1-2-17(9-11-5-3-4-6-13(11)18)15(19)14(16)12-7-8-20-10-12/h3-8,10,14,18H,2,9H2,1H3. The molecule has 0 bridgehead atoms. The van der Waals surface area contributed by atoms with E-state index in [0.717, 1.165) is 11.1 Å². The molecule has 1 amide bonds. The Kier molecular flexibility index (Phi) is 5.04. The van der Waals surface area contributed by atoms with Crippen LogP contribution in [0.2, 0.25) is 0 Å². The van der Waals surface area contributed by atoms with E-state index in [0.29, 0.717) is 13.1 Å². The van der Waals surface area contributed by atoms with Crippen LogP contribution >= 0.6 is 22.9 Å². The smallest absolute Gasteiger partial charge is 0.245 e. The molecule has 20 heavy (non-hydrogen) atoms. The van der Waals surface area contributed by atoms with E-state index in [1.807, 2.05) is 29.8 Å². The molecule has 0 fully saturated rings. The average Bonchev–Trinajstić information content (AvgIpc) is 2.99. The Hall–Kier alpha value is -1.52. The monoisotopic (exact) mass is 309 g/mol. The van der Waals surface area contributed by atoms with E-state index in [-0.39, 0.29) is 11.7 Å². The molecular weight excluding hydrogens is 294 g/mol. The maximum atomic E-state index is 12.4. The Morgan fingerprint density at radius 2 is 2.15 bits per heavy atom. The number of benzene rings is 1. The van der Waals surface area contributed by atoms with Crippen molar-refractivity contribution in [1.82, 2.24) is 4.90 Å². The van der Waals surface area contributed by atoms with Crippen LogP contribution in [0.1, 0.15) is 23.4 Å². The first-order valence-electron chi connectivity index (χ1n) is 6.35. The van der Waals surface area contributed by atoms with Crippen LogP contribution in [0, 0.1) is 0 Å². The van der Waals surface area contributed by atoms with Crippen LogP contribution < -0.4 is 0 Å². The lowest BCUT2D eigenvalue weighted by molar-refractivity contribution is -0.131. The maximum absolute atomic E-state index is 12.4. The molecule has 0 saturated carbocycles. The third kappa shape index (κ3) is 3.32. The van der Waals surface area contributed by atoms with Crippen LogP contribution in [-0.4, -0.2) is 22.5 Å². The van der Waals surface area contributed by atoms with E-state index in [4.69, 9.17) is 11.6 Å². The minimum atomic E-state index is -0.674. The highest BCUT2D eigenvalue weighted by atomic mass is 35.5. The number of alkyl halides is 1. The number of phenols is 1. The van der Waals surface area contributed by atoms with Crippen molar-refractivity contribution in [1.29, 1.82) is 0 Å². The number of amides is 1. The second-order valence-electron chi connectivity index (χ2n) is 4.40. The first-order chi connectivity index (χ1) is 9.63. The van der Waals surface area contributed by atoms with Gasteiger partial charge in [0.2, 0.25) is 5.91 Å². The van der Waals surface area contributed by atoms with Crippen molar-refractivity contribution in [2.24, 2.45) is 0 Å². The first-order valence-corrected chi connectivity index (χ1v) is 7.73. The molecule has 1 N–H and O–H groups in total. The summed E-state index contributed by atoms with van der Waals surface area (Å²) in [6.07, 6.45) is 0.